The molecule has 2 unspecified atom stereocenters. The molecular formula is C20H21BrClN3S2. The molecular weight excluding hydrogens is 462 g/mol. The second-order valence-corrected chi connectivity index (χ2v) is 11.0. The molecule has 2 aliphatic rings. The molecule has 0 saturated heterocycles. The van der Waals surface area contributed by atoms with E-state index in [0.29, 0.717) is 17.0 Å². The van der Waals surface area contributed by atoms with Crippen LogP contribution in [-0.2, 0) is 6.54 Å². The van der Waals surface area contributed by atoms with Crippen LogP contribution in [0.1, 0.15) is 41.4 Å². The predicted molar refractivity (Wildman–Crippen MR) is 120 cm³/mol. The van der Waals surface area contributed by atoms with E-state index >= 15 is 0 Å². The van der Waals surface area contributed by atoms with Crippen molar-refractivity contribution in [3.8, 4) is 0 Å². The Kier molecular flexibility index (Phi) is 4.97. The molecule has 5 rings (SSSR count). The quantitative estimate of drug-likeness (QED) is 0.411. The Hall–Kier alpha value is -0.660. The molecule has 0 amide bonds. The highest BCUT2D eigenvalue weighted by molar-refractivity contribution is 9.10. The average molecular weight is 483 g/mol. The fourth-order valence-corrected chi connectivity index (χ4v) is 8.07. The molecule has 0 spiro atoms. The van der Waals surface area contributed by atoms with Crippen LogP contribution in [0.4, 0.5) is 5.69 Å². The first-order valence-corrected chi connectivity index (χ1v) is 12.3. The second kappa shape index (κ2) is 7.30. The van der Waals surface area contributed by atoms with Crippen LogP contribution in [0.15, 0.2) is 28.1 Å². The summed E-state index contributed by atoms with van der Waals surface area (Å²) in [5.74, 6) is 1.98. The van der Waals surface area contributed by atoms with Crippen LogP contribution in [0, 0.1) is 11.8 Å². The minimum absolute atomic E-state index is 0.249. The first kappa shape index (κ1) is 18.4. The van der Waals surface area contributed by atoms with Crippen molar-refractivity contribution in [3.05, 3.63) is 43.0 Å². The molecule has 3 heterocycles. The van der Waals surface area contributed by atoms with Crippen LogP contribution < -0.4 is 11.1 Å². The van der Waals surface area contributed by atoms with Crippen LogP contribution in [0.25, 0.3) is 10.2 Å². The molecule has 2 saturated carbocycles. The van der Waals surface area contributed by atoms with Gasteiger partial charge in [-0.3, -0.25) is 0 Å². The van der Waals surface area contributed by atoms with E-state index in [4.69, 9.17) is 17.3 Å². The SMILES string of the molecule is N[C@H]1CC2CCC(C2)[C@@H]1c1sc2c(NCc3cccs3)cc(Cl)nc2c1Br. The summed E-state index contributed by atoms with van der Waals surface area (Å²) in [6.45, 7) is 0.797. The van der Waals surface area contributed by atoms with Crippen molar-refractivity contribution >= 4 is 66.1 Å². The smallest absolute Gasteiger partial charge is 0.131 e. The molecule has 0 aliphatic heterocycles. The van der Waals surface area contributed by atoms with E-state index in [1.807, 2.05) is 17.4 Å². The molecule has 7 heteroatoms. The highest BCUT2D eigenvalue weighted by Gasteiger charge is 2.42. The Morgan fingerprint density at radius 3 is 3.04 bits per heavy atom. The van der Waals surface area contributed by atoms with Gasteiger partial charge in [-0.05, 0) is 58.5 Å². The van der Waals surface area contributed by atoms with Gasteiger partial charge in [-0.25, -0.2) is 4.98 Å². The summed E-state index contributed by atoms with van der Waals surface area (Å²) in [6, 6.07) is 6.41. The Morgan fingerprint density at radius 1 is 1.33 bits per heavy atom. The predicted octanol–water partition coefficient (Wildman–Crippen LogP) is 6.62. The molecule has 142 valence electrons. The minimum atomic E-state index is 0.249. The first-order valence-electron chi connectivity index (χ1n) is 9.40. The van der Waals surface area contributed by atoms with E-state index < -0.39 is 0 Å². The lowest BCUT2D eigenvalue weighted by Gasteiger charge is -2.34. The number of thiophene rings is 2. The summed E-state index contributed by atoms with van der Waals surface area (Å²) in [6.07, 6.45) is 5.13. The minimum Gasteiger partial charge on any atom is -0.379 e. The van der Waals surface area contributed by atoms with E-state index in [-0.39, 0.29) is 6.04 Å². The molecule has 3 nitrogen and oxygen atoms in total. The average Bonchev–Trinajstić information content (AvgIpc) is 3.35. The zero-order chi connectivity index (χ0) is 18.5. The Balaban J connectivity index is 1.54. The molecule has 3 aromatic heterocycles. The molecule has 0 aromatic carbocycles. The second-order valence-electron chi connectivity index (χ2n) is 7.75. The highest BCUT2D eigenvalue weighted by Crippen LogP contribution is 2.54. The van der Waals surface area contributed by atoms with Crippen molar-refractivity contribution in [1.29, 1.82) is 0 Å². The van der Waals surface area contributed by atoms with Gasteiger partial charge in [0.05, 0.1) is 20.4 Å². The molecule has 3 N–H and O–H groups in total. The van der Waals surface area contributed by atoms with Gasteiger partial charge in [0, 0.05) is 34.3 Å². The van der Waals surface area contributed by atoms with Gasteiger partial charge in [-0.2, -0.15) is 0 Å². The van der Waals surface area contributed by atoms with E-state index in [2.05, 4.69) is 43.7 Å². The topological polar surface area (TPSA) is 50.9 Å². The Labute approximate surface area is 180 Å². The number of pyridine rings is 1. The van der Waals surface area contributed by atoms with Gasteiger partial charge < -0.3 is 11.1 Å². The summed E-state index contributed by atoms with van der Waals surface area (Å²) in [5.41, 5.74) is 8.66. The number of nitrogens with one attached hydrogen (secondary N) is 1. The maximum atomic E-state index is 6.64. The number of hydrogen-bond donors (Lipinski definition) is 2. The van der Waals surface area contributed by atoms with Crippen LogP contribution in [0.5, 0.6) is 0 Å². The number of nitrogens with zero attached hydrogens (tertiary/aromatic N) is 1. The lowest BCUT2D eigenvalue weighted by atomic mass is 9.76. The van der Waals surface area contributed by atoms with E-state index in [1.54, 1.807) is 11.3 Å². The zero-order valence-electron chi connectivity index (χ0n) is 14.8. The van der Waals surface area contributed by atoms with Crippen LogP contribution in [0.3, 0.4) is 0 Å². The molecule has 0 radical (unpaired) electrons. The Bertz CT molecular complexity index is 971. The fraction of sp³-hybridized carbons (Fsp3) is 0.450. The van der Waals surface area contributed by atoms with Gasteiger partial charge in [-0.1, -0.05) is 24.1 Å². The van der Waals surface area contributed by atoms with E-state index in [9.17, 15) is 0 Å². The van der Waals surface area contributed by atoms with Gasteiger partial charge in [0.2, 0.25) is 0 Å². The normalized spacial score (nSPS) is 27.4. The van der Waals surface area contributed by atoms with Crippen LogP contribution in [0.2, 0.25) is 5.15 Å². The number of hydrogen-bond acceptors (Lipinski definition) is 5. The summed E-state index contributed by atoms with van der Waals surface area (Å²) in [5, 5.41) is 6.19. The fourth-order valence-electron chi connectivity index (χ4n) is 4.91. The zero-order valence-corrected chi connectivity index (χ0v) is 18.7. The summed E-state index contributed by atoms with van der Waals surface area (Å²) < 4.78 is 2.26. The third kappa shape index (κ3) is 3.33. The lowest BCUT2D eigenvalue weighted by molar-refractivity contribution is 0.277. The van der Waals surface area contributed by atoms with Crippen molar-refractivity contribution in [1.82, 2.24) is 4.98 Å². The third-order valence-corrected chi connectivity index (χ3v) is 9.52. The van der Waals surface area contributed by atoms with Gasteiger partial charge >= 0.3 is 0 Å². The summed E-state index contributed by atoms with van der Waals surface area (Å²) >= 11 is 13.8. The van der Waals surface area contributed by atoms with Crippen molar-refractivity contribution in [2.45, 2.75) is 44.2 Å². The number of halogens is 2. The molecule has 27 heavy (non-hydrogen) atoms. The van der Waals surface area contributed by atoms with Gasteiger partial charge in [0.1, 0.15) is 5.15 Å². The third-order valence-electron chi connectivity index (χ3n) is 6.07. The molecule has 4 atom stereocenters. The lowest BCUT2D eigenvalue weighted by Crippen LogP contribution is -2.36. The maximum Gasteiger partial charge on any atom is 0.131 e. The van der Waals surface area contributed by atoms with Crippen molar-refractivity contribution < 1.29 is 0 Å². The molecule has 2 aliphatic carbocycles. The van der Waals surface area contributed by atoms with Crippen LogP contribution in [-0.4, -0.2) is 11.0 Å². The highest BCUT2D eigenvalue weighted by atomic mass is 79.9. The molecule has 2 fully saturated rings. The van der Waals surface area contributed by atoms with E-state index in [1.165, 1.54) is 33.7 Å². The van der Waals surface area contributed by atoms with Crippen molar-refractivity contribution in [3.63, 3.8) is 0 Å². The van der Waals surface area contributed by atoms with Crippen LogP contribution >= 0.6 is 50.2 Å². The van der Waals surface area contributed by atoms with Gasteiger partial charge in [-0.15, -0.1) is 22.7 Å². The summed E-state index contributed by atoms with van der Waals surface area (Å²) in [7, 11) is 0. The monoisotopic (exact) mass is 481 g/mol. The number of nitrogens with two attached hydrogens (primary N) is 1. The largest absolute Gasteiger partial charge is 0.379 e. The van der Waals surface area contributed by atoms with Crippen molar-refractivity contribution in [2.75, 3.05) is 5.32 Å². The standard InChI is InChI=1S/C20H21BrClN3S2/c21-17-18-19(14(8-15(22)25-18)24-9-12-2-1-5-26-12)27-20(17)16-11-4-3-10(6-11)7-13(16)23/h1-2,5,8,10-11,13,16H,3-4,6-7,9,23H2,(H,24,25)/t10?,11?,13-,16-/m0/s1. The number of rotatable bonds is 4. The van der Waals surface area contributed by atoms with E-state index in [0.717, 1.165) is 34.6 Å². The maximum absolute atomic E-state index is 6.64. The molecule has 2 bridgehead atoms. The number of anilines is 1. The van der Waals surface area contributed by atoms with Crippen molar-refractivity contribution in [2.24, 2.45) is 17.6 Å². The Morgan fingerprint density at radius 2 is 2.22 bits per heavy atom. The number of aromatic nitrogens is 1. The first-order chi connectivity index (χ1) is 13.1. The molecule has 3 aromatic rings. The summed E-state index contributed by atoms with van der Waals surface area (Å²) in [4.78, 5) is 7.30. The van der Waals surface area contributed by atoms with Gasteiger partial charge in [0.25, 0.3) is 0 Å². The number of fused-ring (bicyclic) bond motifs is 3. The van der Waals surface area contributed by atoms with Gasteiger partial charge in [0.15, 0.2) is 0 Å².